The summed E-state index contributed by atoms with van der Waals surface area (Å²) in [5.74, 6) is 2.26. The number of benzene rings is 2. The fourth-order valence-corrected chi connectivity index (χ4v) is 2.83. The average Bonchev–Trinajstić information content (AvgIpc) is 3.31. The number of hydrogen-bond donors (Lipinski definition) is 3. The molecule has 9 heteroatoms. The molecule has 0 saturated carbocycles. The van der Waals surface area contributed by atoms with Crippen LogP contribution in [0, 0.1) is 0 Å². The first kappa shape index (κ1) is 24.6. The van der Waals surface area contributed by atoms with Crippen molar-refractivity contribution in [3.05, 3.63) is 60.4 Å². The molecule has 3 rings (SSSR count). The summed E-state index contributed by atoms with van der Waals surface area (Å²) in [4.78, 5) is 8.91. The summed E-state index contributed by atoms with van der Waals surface area (Å²) in [5, 5.41) is 13.4. The van der Waals surface area contributed by atoms with Crippen molar-refractivity contribution in [2.75, 3.05) is 32.2 Å². The first-order valence-electron chi connectivity index (χ1n) is 10.0. The lowest BCUT2D eigenvalue weighted by Gasteiger charge is -2.13. The van der Waals surface area contributed by atoms with Crippen LogP contribution in [0.3, 0.4) is 0 Å². The number of nitrogens with zero attached hydrogens (tertiary/aromatic N) is 3. The Morgan fingerprint density at radius 1 is 1.13 bits per heavy atom. The Hall–Kier alpha value is -2.66. The molecule has 3 N–H and O–H groups in total. The molecule has 2 aromatic carbocycles. The molecule has 31 heavy (non-hydrogen) atoms. The molecule has 0 aliphatic carbocycles. The molecule has 1 heterocycles. The number of rotatable bonds is 10. The smallest absolute Gasteiger partial charge is 0.196 e. The number of nitrogens with one attached hydrogen (secondary N) is 3. The van der Waals surface area contributed by atoms with Gasteiger partial charge < -0.3 is 20.1 Å². The van der Waals surface area contributed by atoms with Gasteiger partial charge in [-0.15, -0.1) is 24.0 Å². The fraction of sp³-hybridized carbons (Fsp3) is 0.318. The number of methoxy groups -OCH3 is 1. The van der Waals surface area contributed by atoms with Gasteiger partial charge in [0.05, 0.1) is 13.2 Å². The molecule has 1 aromatic heterocycles. The van der Waals surface area contributed by atoms with Gasteiger partial charge >= 0.3 is 0 Å². The maximum absolute atomic E-state index is 5.77. The number of ether oxygens (including phenoxy) is 2. The van der Waals surface area contributed by atoms with Gasteiger partial charge in [-0.05, 0) is 30.7 Å². The molecule has 0 aliphatic heterocycles. The number of halogens is 1. The minimum Gasteiger partial charge on any atom is -0.493 e. The molecular formula is C22H29IN6O2. The summed E-state index contributed by atoms with van der Waals surface area (Å²) in [6, 6.07) is 15.9. The third-order valence-electron chi connectivity index (χ3n) is 4.24. The SMILES string of the molecule is CCNC(=NCc1cccc(-c2ncn[nH]2)c1)Nc1cccc(OCCCOC)c1.I. The average molecular weight is 536 g/mol. The van der Waals surface area contributed by atoms with Gasteiger partial charge in [-0.3, -0.25) is 5.10 Å². The molecule has 166 valence electrons. The molecule has 0 atom stereocenters. The molecule has 0 spiro atoms. The maximum atomic E-state index is 5.77. The highest BCUT2D eigenvalue weighted by Gasteiger charge is 2.04. The molecule has 8 nitrogen and oxygen atoms in total. The Bertz CT molecular complexity index is 933. The summed E-state index contributed by atoms with van der Waals surface area (Å²) in [6.07, 6.45) is 2.36. The summed E-state index contributed by atoms with van der Waals surface area (Å²) in [5.41, 5.74) is 2.97. The number of anilines is 1. The minimum absolute atomic E-state index is 0. The van der Waals surface area contributed by atoms with Crippen LogP contribution in [0.4, 0.5) is 5.69 Å². The van der Waals surface area contributed by atoms with Crippen molar-refractivity contribution in [2.24, 2.45) is 4.99 Å². The van der Waals surface area contributed by atoms with E-state index >= 15 is 0 Å². The number of hydrogen-bond acceptors (Lipinski definition) is 5. The Labute approximate surface area is 199 Å². The van der Waals surface area contributed by atoms with Gasteiger partial charge in [0.1, 0.15) is 12.1 Å². The largest absolute Gasteiger partial charge is 0.493 e. The van der Waals surface area contributed by atoms with Crippen LogP contribution in [-0.4, -0.2) is 48.0 Å². The van der Waals surface area contributed by atoms with E-state index in [1.54, 1.807) is 7.11 Å². The summed E-state index contributed by atoms with van der Waals surface area (Å²) < 4.78 is 10.8. The minimum atomic E-state index is 0. The Morgan fingerprint density at radius 3 is 2.77 bits per heavy atom. The van der Waals surface area contributed by atoms with E-state index in [1.807, 2.05) is 49.4 Å². The Kier molecular flexibility index (Phi) is 10.8. The zero-order valence-electron chi connectivity index (χ0n) is 17.8. The third-order valence-corrected chi connectivity index (χ3v) is 4.24. The van der Waals surface area contributed by atoms with Gasteiger partial charge in [0.25, 0.3) is 0 Å². The lowest BCUT2D eigenvalue weighted by molar-refractivity contribution is 0.172. The van der Waals surface area contributed by atoms with Gasteiger partial charge in [-0.1, -0.05) is 24.3 Å². The second-order valence-corrected chi connectivity index (χ2v) is 6.58. The molecule has 0 radical (unpaired) electrons. The molecule has 3 aromatic rings. The molecule has 0 unspecified atom stereocenters. The number of aromatic amines is 1. The monoisotopic (exact) mass is 536 g/mol. The van der Waals surface area contributed by atoms with Crippen molar-refractivity contribution in [2.45, 2.75) is 19.9 Å². The lowest BCUT2D eigenvalue weighted by atomic mass is 10.1. The van der Waals surface area contributed by atoms with Crippen molar-refractivity contribution in [3.8, 4) is 17.1 Å². The predicted octanol–water partition coefficient (Wildman–Crippen LogP) is 4.08. The normalized spacial score (nSPS) is 11.0. The Morgan fingerprint density at radius 2 is 2.00 bits per heavy atom. The standard InChI is InChI=1S/C22H28N6O2.HI/c1-3-23-22(27-19-9-5-10-20(14-19)30-12-6-11-29-2)24-15-17-7-4-8-18(13-17)21-25-16-26-28-21;/h4-5,7-10,13-14,16H,3,6,11-12,15H2,1-2H3,(H2,23,24,27)(H,25,26,28);1H. The summed E-state index contributed by atoms with van der Waals surface area (Å²) in [6.45, 7) is 4.64. The second kappa shape index (κ2) is 13.6. The van der Waals surface area contributed by atoms with E-state index in [0.717, 1.165) is 41.4 Å². The van der Waals surface area contributed by atoms with E-state index in [4.69, 9.17) is 14.5 Å². The van der Waals surface area contributed by atoms with Crippen LogP contribution in [0.1, 0.15) is 18.9 Å². The highest BCUT2D eigenvalue weighted by Crippen LogP contribution is 2.18. The van der Waals surface area contributed by atoms with Crippen LogP contribution < -0.4 is 15.4 Å². The molecular weight excluding hydrogens is 507 g/mol. The van der Waals surface area contributed by atoms with Gasteiger partial charge in [0.15, 0.2) is 11.8 Å². The van der Waals surface area contributed by atoms with E-state index < -0.39 is 0 Å². The molecule has 0 amide bonds. The highest BCUT2D eigenvalue weighted by molar-refractivity contribution is 14.0. The maximum Gasteiger partial charge on any atom is 0.196 e. The number of aromatic nitrogens is 3. The van der Waals surface area contributed by atoms with Gasteiger partial charge in [-0.25, -0.2) is 9.98 Å². The quantitative estimate of drug-likeness (QED) is 0.157. The van der Waals surface area contributed by atoms with Crippen molar-refractivity contribution >= 4 is 35.6 Å². The second-order valence-electron chi connectivity index (χ2n) is 6.58. The predicted molar refractivity (Wildman–Crippen MR) is 134 cm³/mol. The van der Waals surface area contributed by atoms with Gasteiger partial charge in [-0.2, -0.15) is 5.10 Å². The number of aliphatic imine (C=N–C) groups is 1. The molecule has 0 fully saturated rings. The van der Waals surface area contributed by atoms with E-state index in [1.165, 1.54) is 6.33 Å². The van der Waals surface area contributed by atoms with Crippen molar-refractivity contribution < 1.29 is 9.47 Å². The van der Waals surface area contributed by atoms with Crippen LogP contribution in [0.25, 0.3) is 11.4 Å². The van der Waals surface area contributed by atoms with Crippen molar-refractivity contribution in [1.29, 1.82) is 0 Å². The third kappa shape index (κ3) is 8.18. The van der Waals surface area contributed by atoms with Gasteiger partial charge in [0.2, 0.25) is 0 Å². The number of H-pyrrole nitrogens is 1. The molecule has 0 bridgehead atoms. The highest BCUT2D eigenvalue weighted by atomic mass is 127. The Balaban J connectivity index is 0.00000341. The van der Waals surface area contributed by atoms with E-state index in [-0.39, 0.29) is 24.0 Å². The van der Waals surface area contributed by atoms with E-state index in [0.29, 0.717) is 25.7 Å². The van der Waals surface area contributed by atoms with Crippen LogP contribution in [0.2, 0.25) is 0 Å². The zero-order chi connectivity index (χ0) is 21.0. The van der Waals surface area contributed by atoms with Crippen LogP contribution in [-0.2, 0) is 11.3 Å². The first-order chi connectivity index (χ1) is 14.8. The van der Waals surface area contributed by atoms with Crippen LogP contribution in [0.5, 0.6) is 5.75 Å². The van der Waals surface area contributed by atoms with E-state index in [2.05, 4.69) is 31.9 Å². The molecule has 0 saturated heterocycles. The first-order valence-corrected chi connectivity index (χ1v) is 10.0. The van der Waals surface area contributed by atoms with Crippen LogP contribution in [0.15, 0.2) is 59.9 Å². The summed E-state index contributed by atoms with van der Waals surface area (Å²) >= 11 is 0. The zero-order valence-corrected chi connectivity index (χ0v) is 20.1. The van der Waals surface area contributed by atoms with Crippen LogP contribution >= 0.6 is 24.0 Å². The topological polar surface area (TPSA) is 96.5 Å². The molecule has 0 aliphatic rings. The van der Waals surface area contributed by atoms with Gasteiger partial charge in [0, 0.05) is 44.0 Å². The number of guanidine groups is 1. The lowest BCUT2D eigenvalue weighted by Crippen LogP contribution is -2.30. The summed E-state index contributed by atoms with van der Waals surface area (Å²) in [7, 11) is 1.69. The fourth-order valence-electron chi connectivity index (χ4n) is 2.83. The van der Waals surface area contributed by atoms with Crippen molar-refractivity contribution in [3.63, 3.8) is 0 Å². The van der Waals surface area contributed by atoms with E-state index in [9.17, 15) is 0 Å². The van der Waals surface area contributed by atoms with Crippen molar-refractivity contribution in [1.82, 2.24) is 20.5 Å².